The molecule has 0 unspecified atom stereocenters. The Morgan fingerprint density at radius 1 is 0.826 bits per heavy atom. The molecule has 1 amide bonds. The van der Waals surface area contributed by atoms with E-state index in [1.165, 1.54) is 38.9 Å². The summed E-state index contributed by atoms with van der Waals surface area (Å²) < 4.78 is 60.1. The Bertz CT molecular complexity index is 2130. The molecular weight excluding hydrogens is 605 g/mol. The Morgan fingerprint density at radius 3 is 2.20 bits per heavy atom. The fourth-order valence-electron chi connectivity index (χ4n) is 4.82. The molecule has 6 aromatic rings. The Labute approximate surface area is 258 Å². The predicted octanol–water partition coefficient (Wildman–Crippen LogP) is 6.89. The Balaban J connectivity index is 1.26. The summed E-state index contributed by atoms with van der Waals surface area (Å²) in [4.78, 5) is 35.2. The van der Waals surface area contributed by atoms with Crippen LogP contribution in [0.25, 0.3) is 27.5 Å². The van der Waals surface area contributed by atoms with E-state index in [2.05, 4.69) is 20.0 Å². The Hall–Kier alpha value is -6.11. The number of para-hydroxylation sites is 1. The monoisotopic (exact) mass is 628 g/mol. The molecule has 6 rings (SSSR count). The number of fused-ring (bicyclic) bond motifs is 2. The van der Waals surface area contributed by atoms with Crippen molar-refractivity contribution >= 4 is 33.4 Å². The zero-order valence-corrected chi connectivity index (χ0v) is 24.2. The topological polar surface area (TPSA) is 114 Å². The van der Waals surface area contributed by atoms with Crippen molar-refractivity contribution in [3.8, 4) is 34.6 Å². The summed E-state index contributed by atoms with van der Waals surface area (Å²) in [5, 5.41) is 3.56. The molecule has 232 valence electrons. The van der Waals surface area contributed by atoms with Crippen LogP contribution in [0.5, 0.6) is 28.9 Å². The average Bonchev–Trinajstić information content (AvgIpc) is 3.05. The minimum atomic E-state index is -4.84. The molecule has 0 aliphatic heterocycles. The fraction of sp³-hybridized carbons (Fsp3) is 0.0909. The smallest absolute Gasteiger partial charge is 0.493 e. The second-order valence-corrected chi connectivity index (χ2v) is 9.78. The molecule has 0 atom stereocenters. The minimum absolute atomic E-state index is 0.175. The van der Waals surface area contributed by atoms with Crippen molar-refractivity contribution in [2.24, 2.45) is 0 Å². The van der Waals surface area contributed by atoms with E-state index in [4.69, 9.17) is 14.2 Å². The standard InChI is InChI=1S/C33H23F3N4O6/c1-43-28-15-24-26(16-29(28)44-2)37-18-38-32(24)45-21-11-7-19(8-12-21)39-31(42)25-17-40(27-6-4-3-5-23(27)30(25)41)20-9-13-22(14-10-20)46-33(34,35)36/h3-18H,1-2H3,(H,39,42). The van der Waals surface area contributed by atoms with Crippen LogP contribution in [-0.4, -0.2) is 41.0 Å². The SMILES string of the molecule is COc1cc2ncnc(Oc3ccc(NC(=O)c4cn(-c5ccc(OC(F)(F)F)cc5)c5ccccc5c4=O)cc3)c2cc1OC. The number of halogens is 3. The molecule has 10 nitrogen and oxygen atoms in total. The number of rotatable bonds is 8. The van der Waals surface area contributed by atoms with Gasteiger partial charge in [-0.3, -0.25) is 9.59 Å². The quantitative estimate of drug-likeness (QED) is 0.194. The third kappa shape index (κ3) is 6.11. The molecule has 0 saturated carbocycles. The first-order chi connectivity index (χ1) is 22.1. The van der Waals surface area contributed by atoms with Gasteiger partial charge in [0.1, 0.15) is 23.4 Å². The zero-order valence-electron chi connectivity index (χ0n) is 24.2. The molecule has 0 bridgehead atoms. The largest absolute Gasteiger partial charge is 0.573 e. The van der Waals surface area contributed by atoms with Gasteiger partial charge in [0.05, 0.1) is 30.6 Å². The molecule has 2 heterocycles. The van der Waals surface area contributed by atoms with Crippen molar-refractivity contribution in [2.45, 2.75) is 6.36 Å². The van der Waals surface area contributed by atoms with Crippen molar-refractivity contribution in [1.82, 2.24) is 14.5 Å². The summed E-state index contributed by atoms with van der Waals surface area (Å²) in [7, 11) is 3.04. The van der Waals surface area contributed by atoms with E-state index in [0.717, 1.165) is 12.1 Å². The maximum atomic E-state index is 13.4. The van der Waals surface area contributed by atoms with Crippen LogP contribution in [-0.2, 0) is 0 Å². The average molecular weight is 629 g/mol. The number of nitrogens with one attached hydrogen (secondary N) is 1. The van der Waals surface area contributed by atoms with Gasteiger partial charge < -0.3 is 28.8 Å². The lowest BCUT2D eigenvalue weighted by molar-refractivity contribution is -0.274. The maximum absolute atomic E-state index is 13.4. The van der Waals surface area contributed by atoms with Crippen LogP contribution in [0.15, 0.2) is 102 Å². The van der Waals surface area contributed by atoms with E-state index in [1.54, 1.807) is 65.2 Å². The first-order valence-corrected chi connectivity index (χ1v) is 13.6. The van der Waals surface area contributed by atoms with E-state index in [1.807, 2.05) is 0 Å². The van der Waals surface area contributed by atoms with E-state index >= 15 is 0 Å². The van der Waals surface area contributed by atoms with Gasteiger partial charge in [-0.25, -0.2) is 9.97 Å². The van der Waals surface area contributed by atoms with Gasteiger partial charge >= 0.3 is 6.36 Å². The molecule has 0 radical (unpaired) electrons. The van der Waals surface area contributed by atoms with Crippen LogP contribution < -0.4 is 29.7 Å². The number of pyridine rings is 1. The maximum Gasteiger partial charge on any atom is 0.573 e. The van der Waals surface area contributed by atoms with E-state index in [9.17, 15) is 22.8 Å². The number of amides is 1. The van der Waals surface area contributed by atoms with Gasteiger partial charge in [0.15, 0.2) is 11.5 Å². The highest BCUT2D eigenvalue weighted by Gasteiger charge is 2.31. The van der Waals surface area contributed by atoms with Crippen LogP contribution in [0.3, 0.4) is 0 Å². The molecule has 46 heavy (non-hydrogen) atoms. The number of carbonyl (C=O) groups excluding carboxylic acids is 1. The number of benzene rings is 4. The van der Waals surface area contributed by atoms with Gasteiger partial charge in [0.25, 0.3) is 5.91 Å². The van der Waals surface area contributed by atoms with Crippen LogP contribution in [0.2, 0.25) is 0 Å². The van der Waals surface area contributed by atoms with Crippen molar-refractivity contribution in [3.63, 3.8) is 0 Å². The van der Waals surface area contributed by atoms with E-state index in [-0.39, 0.29) is 16.8 Å². The molecule has 13 heteroatoms. The summed E-state index contributed by atoms with van der Waals surface area (Å²) in [5.41, 5.74) is 1.15. The number of ether oxygens (including phenoxy) is 4. The molecule has 0 aliphatic carbocycles. The highest BCUT2D eigenvalue weighted by atomic mass is 19.4. The lowest BCUT2D eigenvalue weighted by Crippen LogP contribution is -2.23. The van der Waals surface area contributed by atoms with Gasteiger partial charge in [-0.05, 0) is 66.7 Å². The highest BCUT2D eigenvalue weighted by Crippen LogP contribution is 2.36. The van der Waals surface area contributed by atoms with Gasteiger partial charge in [-0.15, -0.1) is 13.2 Å². The Kier molecular flexibility index (Phi) is 7.88. The van der Waals surface area contributed by atoms with Crippen LogP contribution in [0.1, 0.15) is 10.4 Å². The van der Waals surface area contributed by atoms with Crippen molar-refractivity contribution in [3.05, 3.63) is 113 Å². The van der Waals surface area contributed by atoms with Crippen LogP contribution in [0, 0.1) is 0 Å². The summed E-state index contributed by atoms with van der Waals surface area (Å²) in [6, 6.07) is 21.5. The third-order valence-electron chi connectivity index (χ3n) is 6.93. The van der Waals surface area contributed by atoms with Crippen molar-refractivity contribution in [2.75, 3.05) is 19.5 Å². The second-order valence-electron chi connectivity index (χ2n) is 9.78. The molecule has 0 spiro atoms. The lowest BCUT2D eigenvalue weighted by atomic mass is 10.1. The van der Waals surface area contributed by atoms with Gasteiger partial charge in [-0.2, -0.15) is 0 Å². The number of anilines is 1. The third-order valence-corrected chi connectivity index (χ3v) is 6.93. The predicted molar refractivity (Wildman–Crippen MR) is 163 cm³/mol. The number of aromatic nitrogens is 3. The molecule has 4 aromatic carbocycles. The van der Waals surface area contributed by atoms with Crippen molar-refractivity contribution < 1.29 is 36.9 Å². The van der Waals surface area contributed by atoms with E-state index in [0.29, 0.717) is 45.0 Å². The summed E-state index contributed by atoms with van der Waals surface area (Å²) in [5.74, 6) is 0.591. The number of alkyl halides is 3. The summed E-state index contributed by atoms with van der Waals surface area (Å²) in [6.45, 7) is 0. The molecular formula is C33H23F3N4O6. The molecule has 2 aromatic heterocycles. The zero-order chi connectivity index (χ0) is 32.4. The van der Waals surface area contributed by atoms with Crippen LogP contribution in [0.4, 0.5) is 18.9 Å². The number of hydrogen-bond donors (Lipinski definition) is 1. The summed E-state index contributed by atoms with van der Waals surface area (Å²) in [6.07, 6.45) is -2.13. The molecule has 1 N–H and O–H groups in total. The lowest BCUT2D eigenvalue weighted by Gasteiger charge is -2.15. The van der Waals surface area contributed by atoms with Crippen LogP contribution >= 0.6 is 0 Å². The first-order valence-electron chi connectivity index (χ1n) is 13.6. The minimum Gasteiger partial charge on any atom is -0.493 e. The number of methoxy groups -OCH3 is 2. The van der Waals surface area contributed by atoms with Crippen molar-refractivity contribution in [1.29, 1.82) is 0 Å². The Morgan fingerprint density at radius 2 is 1.50 bits per heavy atom. The normalized spacial score (nSPS) is 11.3. The fourth-order valence-corrected chi connectivity index (χ4v) is 4.82. The molecule has 0 fully saturated rings. The molecule has 0 aliphatic rings. The molecule has 0 saturated heterocycles. The first kappa shape index (κ1) is 29.9. The van der Waals surface area contributed by atoms with Gasteiger partial charge in [0, 0.05) is 29.0 Å². The van der Waals surface area contributed by atoms with E-state index < -0.39 is 23.4 Å². The number of carbonyl (C=O) groups is 1. The highest BCUT2D eigenvalue weighted by molar-refractivity contribution is 6.06. The second kappa shape index (κ2) is 12.1. The summed E-state index contributed by atoms with van der Waals surface area (Å²) >= 11 is 0. The number of nitrogens with zero attached hydrogens (tertiary/aromatic N) is 3. The van der Waals surface area contributed by atoms with Gasteiger partial charge in [0.2, 0.25) is 11.3 Å². The number of hydrogen-bond acceptors (Lipinski definition) is 8. The van der Waals surface area contributed by atoms with Gasteiger partial charge in [-0.1, -0.05) is 12.1 Å².